The average Bonchev–Trinajstić information content (AvgIpc) is 2.29. The molecule has 1 heterocycles. The van der Waals surface area contributed by atoms with Crippen LogP contribution in [-0.2, 0) is 4.74 Å². The molecule has 1 aromatic rings. The summed E-state index contributed by atoms with van der Waals surface area (Å²) >= 11 is 0. The molecule has 0 aliphatic rings. The smallest absolute Gasteiger partial charge is 0.126 e. The van der Waals surface area contributed by atoms with E-state index in [4.69, 9.17) is 4.74 Å². The second kappa shape index (κ2) is 6.33. The van der Waals surface area contributed by atoms with Crippen LogP contribution < -0.4 is 10.2 Å². The summed E-state index contributed by atoms with van der Waals surface area (Å²) < 4.78 is 5.13. The van der Waals surface area contributed by atoms with E-state index in [0.717, 1.165) is 17.9 Å². The summed E-state index contributed by atoms with van der Waals surface area (Å²) in [5.41, 5.74) is 1.10. The molecule has 1 N–H and O–H groups in total. The molecule has 0 saturated carbocycles. The van der Waals surface area contributed by atoms with Gasteiger partial charge in [-0.2, -0.15) is 0 Å². The fraction of sp³-hybridized carbons (Fsp3) is 0.583. The molecule has 0 spiro atoms. The van der Waals surface area contributed by atoms with Gasteiger partial charge in [0.1, 0.15) is 5.82 Å². The van der Waals surface area contributed by atoms with Crippen molar-refractivity contribution in [1.82, 2.24) is 4.98 Å². The van der Waals surface area contributed by atoms with Crippen molar-refractivity contribution in [2.75, 3.05) is 38.0 Å². The van der Waals surface area contributed by atoms with Crippen molar-refractivity contribution in [3.63, 3.8) is 0 Å². The Morgan fingerprint density at radius 2 is 2.19 bits per heavy atom. The second-order valence-electron chi connectivity index (χ2n) is 4.00. The van der Waals surface area contributed by atoms with E-state index in [-0.39, 0.29) is 0 Å². The van der Waals surface area contributed by atoms with Crippen LogP contribution in [0.2, 0.25) is 0 Å². The fourth-order valence-electron chi connectivity index (χ4n) is 1.41. The van der Waals surface area contributed by atoms with E-state index >= 15 is 0 Å². The largest absolute Gasteiger partial charge is 0.383 e. The Hall–Kier alpha value is -1.29. The van der Waals surface area contributed by atoms with Gasteiger partial charge in [0.25, 0.3) is 0 Å². The average molecular weight is 223 g/mol. The quantitative estimate of drug-likeness (QED) is 0.800. The molecule has 0 bridgehead atoms. The third-order valence-electron chi connectivity index (χ3n) is 2.48. The van der Waals surface area contributed by atoms with Gasteiger partial charge in [0, 0.05) is 21.2 Å². The predicted molar refractivity (Wildman–Crippen MR) is 68.1 cm³/mol. The summed E-state index contributed by atoms with van der Waals surface area (Å²) in [5, 5.41) is 3.34. The highest BCUT2D eigenvalue weighted by Crippen LogP contribution is 2.13. The standard InChI is InChI=1S/C12H21N3O/c1-5-10(9-16-4)14-12-7-6-11(8-13-12)15(2)3/h6-8,10H,5,9H2,1-4H3,(H,13,14). The highest BCUT2D eigenvalue weighted by Gasteiger charge is 2.06. The van der Waals surface area contributed by atoms with Gasteiger partial charge in [-0.15, -0.1) is 0 Å². The Morgan fingerprint density at radius 1 is 1.44 bits per heavy atom. The van der Waals surface area contributed by atoms with Gasteiger partial charge < -0.3 is 15.0 Å². The van der Waals surface area contributed by atoms with Crippen LogP contribution in [0.25, 0.3) is 0 Å². The first kappa shape index (κ1) is 12.8. The molecule has 0 radical (unpaired) electrons. The summed E-state index contributed by atoms with van der Waals surface area (Å²) in [6, 6.07) is 4.37. The third-order valence-corrected chi connectivity index (χ3v) is 2.48. The minimum absolute atomic E-state index is 0.322. The van der Waals surface area contributed by atoms with Crippen molar-refractivity contribution < 1.29 is 4.74 Å². The topological polar surface area (TPSA) is 37.4 Å². The summed E-state index contributed by atoms with van der Waals surface area (Å²) in [5.74, 6) is 0.898. The summed E-state index contributed by atoms with van der Waals surface area (Å²) in [7, 11) is 5.72. The first-order valence-electron chi connectivity index (χ1n) is 5.56. The maximum absolute atomic E-state index is 5.13. The first-order valence-corrected chi connectivity index (χ1v) is 5.56. The van der Waals surface area contributed by atoms with Crippen LogP contribution in [0.4, 0.5) is 11.5 Å². The molecule has 1 rings (SSSR count). The number of nitrogens with zero attached hydrogens (tertiary/aromatic N) is 2. The summed E-state index contributed by atoms with van der Waals surface area (Å²) in [4.78, 5) is 6.39. The molecule has 0 saturated heterocycles. The van der Waals surface area contributed by atoms with Gasteiger partial charge in [0.05, 0.1) is 24.5 Å². The van der Waals surface area contributed by atoms with Crippen molar-refractivity contribution in [1.29, 1.82) is 0 Å². The number of aromatic nitrogens is 1. The number of rotatable bonds is 6. The Labute approximate surface area is 97.6 Å². The molecule has 0 aliphatic carbocycles. The lowest BCUT2D eigenvalue weighted by molar-refractivity contribution is 0.184. The van der Waals surface area contributed by atoms with Crippen molar-refractivity contribution in [3.8, 4) is 0 Å². The highest BCUT2D eigenvalue weighted by molar-refractivity contribution is 5.48. The Bertz CT molecular complexity index is 298. The number of hydrogen-bond acceptors (Lipinski definition) is 4. The van der Waals surface area contributed by atoms with Gasteiger partial charge in [0.2, 0.25) is 0 Å². The first-order chi connectivity index (χ1) is 7.67. The molecule has 1 aromatic heterocycles. The third kappa shape index (κ3) is 3.70. The van der Waals surface area contributed by atoms with Gasteiger partial charge in [-0.3, -0.25) is 0 Å². The van der Waals surface area contributed by atoms with Gasteiger partial charge in [-0.25, -0.2) is 4.98 Å². The van der Waals surface area contributed by atoms with Gasteiger partial charge in [0.15, 0.2) is 0 Å². The lowest BCUT2D eigenvalue weighted by atomic mass is 10.2. The molecule has 0 fully saturated rings. The molecule has 1 unspecified atom stereocenters. The number of ether oxygens (including phenoxy) is 1. The molecular weight excluding hydrogens is 202 g/mol. The van der Waals surface area contributed by atoms with Gasteiger partial charge in [-0.05, 0) is 18.6 Å². The molecule has 4 nitrogen and oxygen atoms in total. The zero-order valence-corrected chi connectivity index (χ0v) is 10.5. The van der Waals surface area contributed by atoms with Crippen LogP contribution in [0.3, 0.4) is 0 Å². The predicted octanol–water partition coefficient (Wildman–Crippen LogP) is 1.98. The minimum Gasteiger partial charge on any atom is -0.383 e. The zero-order valence-electron chi connectivity index (χ0n) is 10.5. The normalized spacial score (nSPS) is 12.2. The van der Waals surface area contributed by atoms with E-state index in [0.29, 0.717) is 12.6 Å². The van der Waals surface area contributed by atoms with E-state index in [1.54, 1.807) is 7.11 Å². The molecule has 0 aliphatic heterocycles. The Balaban J connectivity index is 2.60. The molecule has 90 valence electrons. The van der Waals surface area contributed by atoms with Crippen molar-refractivity contribution in [2.24, 2.45) is 0 Å². The summed E-state index contributed by atoms with van der Waals surface area (Å²) in [6.07, 6.45) is 2.88. The van der Waals surface area contributed by atoms with Crippen molar-refractivity contribution >= 4 is 11.5 Å². The second-order valence-corrected chi connectivity index (χ2v) is 4.00. The van der Waals surface area contributed by atoms with Crippen molar-refractivity contribution in [2.45, 2.75) is 19.4 Å². The maximum atomic E-state index is 5.13. The summed E-state index contributed by atoms with van der Waals surface area (Å²) in [6.45, 7) is 2.83. The van der Waals surface area contributed by atoms with Crippen LogP contribution in [0.15, 0.2) is 18.3 Å². The van der Waals surface area contributed by atoms with Gasteiger partial charge in [-0.1, -0.05) is 6.92 Å². The SMILES string of the molecule is CCC(COC)Nc1ccc(N(C)C)cn1. The maximum Gasteiger partial charge on any atom is 0.126 e. The fourth-order valence-corrected chi connectivity index (χ4v) is 1.41. The number of pyridine rings is 1. The molecule has 0 amide bonds. The molecule has 1 atom stereocenters. The molecule has 0 aromatic carbocycles. The number of anilines is 2. The van der Waals surface area contributed by atoms with Crippen LogP contribution in [-0.4, -0.2) is 38.8 Å². The number of methoxy groups -OCH3 is 1. The molecule has 16 heavy (non-hydrogen) atoms. The monoisotopic (exact) mass is 223 g/mol. The van der Waals surface area contributed by atoms with Crippen LogP contribution in [0.1, 0.15) is 13.3 Å². The molecule has 4 heteroatoms. The van der Waals surface area contributed by atoms with E-state index < -0.39 is 0 Å². The van der Waals surface area contributed by atoms with Crippen molar-refractivity contribution in [3.05, 3.63) is 18.3 Å². The zero-order chi connectivity index (χ0) is 12.0. The van der Waals surface area contributed by atoms with Crippen LogP contribution >= 0.6 is 0 Å². The lowest BCUT2D eigenvalue weighted by Crippen LogP contribution is -2.24. The van der Waals surface area contributed by atoms with E-state index in [2.05, 4.69) is 23.3 Å². The lowest BCUT2D eigenvalue weighted by Gasteiger charge is -2.17. The Morgan fingerprint density at radius 3 is 2.62 bits per heavy atom. The van der Waals surface area contributed by atoms with E-state index in [1.165, 1.54) is 0 Å². The van der Waals surface area contributed by atoms with E-state index in [9.17, 15) is 0 Å². The highest BCUT2D eigenvalue weighted by atomic mass is 16.5. The Kier molecular flexibility index (Phi) is 5.05. The van der Waals surface area contributed by atoms with Crippen LogP contribution in [0, 0.1) is 0 Å². The number of nitrogens with one attached hydrogen (secondary N) is 1. The molecular formula is C12H21N3O. The van der Waals surface area contributed by atoms with Crippen LogP contribution in [0.5, 0.6) is 0 Å². The van der Waals surface area contributed by atoms with Gasteiger partial charge >= 0.3 is 0 Å². The minimum atomic E-state index is 0.322. The van der Waals surface area contributed by atoms with E-state index in [1.807, 2.05) is 31.3 Å². The number of hydrogen-bond donors (Lipinski definition) is 1.